The number of aromatic amines is 1. The van der Waals surface area contributed by atoms with Gasteiger partial charge < -0.3 is 34.8 Å². The number of piperazine rings is 1. The van der Waals surface area contributed by atoms with Crippen LogP contribution < -0.4 is 4.74 Å². The van der Waals surface area contributed by atoms with E-state index < -0.39 is 37.4 Å². The number of carbonyl (C=O) groups excluding carboxylic acids is 1. The van der Waals surface area contributed by atoms with E-state index in [0.29, 0.717) is 32.5 Å². The number of aromatic nitrogens is 2. The van der Waals surface area contributed by atoms with Gasteiger partial charge in [-0.05, 0) is 30.9 Å². The minimum Gasteiger partial charge on any atom is -0.443 e. The van der Waals surface area contributed by atoms with Crippen molar-refractivity contribution in [2.45, 2.75) is 63.4 Å². The minimum absolute atomic E-state index is 0.141. The molecule has 4 rings (SSSR count). The maximum atomic E-state index is 14.0. The Morgan fingerprint density at radius 2 is 1.82 bits per heavy atom. The Hall–Kier alpha value is -2.61. The Morgan fingerprint density at radius 1 is 1.13 bits per heavy atom. The number of benzene rings is 1. The van der Waals surface area contributed by atoms with Crippen molar-refractivity contribution in [1.82, 2.24) is 20.0 Å². The molecule has 5 unspecified atom stereocenters. The van der Waals surface area contributed by atoms with Crippen LogP contribution >= 0.6 is 0 Å². The predicted molar refractivity (Wildman–Crippen MR) is 139 cm³/mol. The highest BCUT2D eigenvalue weighted by molar-refractivity contribution is 5.76. The largest absolute Gasteiger partial charge is 0.443 e. The van der Waals surface area contributed by atoms with Gasteiger partial charge in [-0.25, -0.2) is 4.39 Å². The van der Waals surface area contributed by atoms with E-state index in [4.69, 9.17) is 14.6 Å². The molecule has 0 radical (unpaired) electrons. The molecule has 1 aromatic heterocycles. The number of aliphatic hydroxyl groups excluding tert-OH is 4. The Morgan fingerprint density at radius 3 is 2.49 bits per heavy atom. The fourth-order valence-electron chi connectivity index (χ4n) is 4.98. The SMILES string of the molecule is Cc1[nH]nc(OC2OC(CO)C(F)C(O)C2O)c1Cc1ccc(CCCC(=O)N2CCN(CCO)CC2)cc1. The summed E-state index contributed by atoms with van der Waals surface area (Å²) in [5.74, 6) is 0.336. The molecule has 2 aromatic rings. The summed E-state index contributed by atoms with van der Waals surface area (Å²) in [4.78, 5) is 16.6. The van der Waals surface area contributed by atoms with E-state index in [2.05, 4.69) is 15.1 Å². The summed E-state index contributed by atoms with van der Waals surface area (Å²) in [7, 11) is 0. The highest BCUT2D eigenvalue weighted by atomic mass is 19.1. The molecule has 2 fully saturated rings. The van der Waals surface area contributed by atoms with Crippen LogP contribution in [0.3, 0.4) is 0 Å². The average molecular weight is 551 g/mol. The van der Waals surface area contributed by atoms with Crippen molar-refractivity contribution < 1.29 is 39.1 Å². The lowest BCUT2D eigenvalue weighted by Gasteiger charge is -2.38. The minimum atomic E-state index is -1.94. The third kappa shape index (κ3) is 7.33. The van der Waals surface area contributed by atoms with E-state index in [9.17, 15) is 24.5 Å². The van der Waals surface area contributed by atoms with Crippen LogP contribution in [0.1, 0.15) is 35.2 Å². The van der Waals surface area contributed by atoms with E-state index >= 15 is 0 Å². The molecular formula is C27H39FN4O7. The number of aryl methyl sites for hydroxylation is 2. The van der Waals surface area contributed by atoms with Crippen molar-refractivity contribution in [1.29, 1.82) is 0 Å². The quantitative estimate of drug-likeness (QED) is 0.259. The van der Waals surface area contributed by atoms with Gasteiger partial charge in [-0.3, -0.25) is 14.8 Å². The molecule has 0 bridgehead atoms. The lowest BCUT2D eigenvalue weighted by Crippen LogP contribution is -2.58. The number of nitrogens with one attached hydrogen (secondary N) is 1. The summed E-state index contributed by atoms with van der Waals surface area (Å²) in [6, 6.07) is 8.06. The second-order valence-corrected chi connectivity index (χ2v) is 10.2. The predicted octanol–water partition coefficient (Wildman–Crippen LogP) is -0.0760. The highest BCUT2D eigenvalue weighted by Crippen LogP contribution is 2.29. The van der Waals surface area contributed by atoms with Crippen LogP contribution in [-0.4, -0.2) is 123 Å². The normalized spacial score (nSPS) is 26.1. The Balaban J connectivity index is 1.28. The molecule has 2 aliphatic rings. The van der Waals surface area contributed by atoms with Crippen molar-refractivity contribution in [3.05, 3.63) is 46.6 Å². The van der Waals surface area contributed by atoms with Crippen LogP contribution in [0.25, 0.3) is 0 Å². The fourth-order valence-corrected chi connectivity index (χ4v) is 4.98. The number of hydrogen-bond acceptors (Lipinski definition) is 9. The monoisotopic (exact) mass is 550 g/mol. The van der Waals surface area contributed by atoms with Crippen molar-refractivity contribution in [3.63, 3.8) is 0 Å². The molecule has 5 atom stereocenters. The lowest BCUT2D eigenvalue weighted by molar-refractivity contribution is -0.265. The summed E-state index contributed by atoms with van der Waals surface area (Å²) in [6.07, 6.45) is -5.52. The molecule has 0 saturated carbocycles. The molecule has 11 nitrogen and oxygen atoms in total. The second-order valence-electron chi connectivity index (χ2n) is 10.2. The first kappa shape index (κ1) is 29.4. The van der Waals surface area contributed by atoms with Crippen molar-refractivity contribution in [2.75, 3.05) is 45.9 Å². The van der Waals surface area contributed by atoms with Crippen LogP contribution in [0.2, 0.25) is 0 Å². The van der Waals surface area contributed by atoms with E-state index in [1.165, 1.54) is 0 Å². The number of halogens is 1. The lowest BCUT2D eigenvalue weighted by atomic mass is 10.0. The second kappa shape index (κ2) is 13.6. The van der Waals surface area contributed by atoms with E-state index in [0.717, 1.165) is 48.3 Å². The first-order valence-electron chi connectivity index (χ1n) is 13.5. The smallest absolute Gasteiger partial charge is 0.238 e. The van der Waals surface area contributed by atoms with Gasteiger partial charge in [-0.15, -0.1) is 5.10 Å². The first-order chi connectivity index (χ1) is 18.8. The number of ether oxygens (including phenoxy) is 2. The fraction of sp³-hybridized carbons (Fsp3) is 0.630. The first-order valence-corrected chi connectivity index (χ1v) is 13.5. The third-order valence-electron chi connectivity index (χ3n) is 7.46. The van der Waals surface area contributed by atoms with Gasteiger partial charge in [-0.1, -0.05) is 24.3 Å². The van der Waals surface area contributed by atoms with Gasteiger partial charge in [-0.2, -0.15) is 0 Å². The Kier molecular flexibility index (Phi) is 10.3. The molecule has 0 spiro atoms. The van der Waals surface area contributed by atoms with Gasteiger partial charge in [0.1, 0.15) is 18.3 Å². The molecule has 216 valence electrons. The van der Waals surface area contributed by atoms with Gasteiger partial charge in [0, 0.05) is 56.8 Å². The van der Waals surface area contributed by atoms with Gasteiger partial charge >= 0.3 is 0 Å². The standard InChI is InChI=1S/C27H39FN4O7/c1-17-20(26(30-29-17)39-27-25(37)24(36)23(28)21(16-34)38-27)15-19-7-5-18(6-8-19)3-2-4-22(35)32-11-9-31(10-12-32)13-14-33/h5-8,21,23-25,27,33-34,36-37H,2-4,9-16H2,1H3,(H,29,30). The summed E-state index contributed by atoms with van der Waals surface area (Å²) < 4.78 is 25.1. The molecule has 39 heavy (non-hydrogen) atoms. The zero-order valence-electron chi connectivity index (χ0n) is 22.2. The summed E-state index contributed by atoms with van der Waals surface area (Å²) >= 11 is 0. The van der Waals surface area contributed by atoms with Gasteiger partial charge in [0.25, 0.3) is 0 Å². The maximum absolute atomic E-state index is 14.0. The number of H-pyrrole nitrogens is 1. The summed E-state index contributed by atoms with van der Waals surface area (Å²) in [5.41, 5.74) is 3.59. The number of β-amino-alcohol motifs (C(OH)–C–C–N with tert-alkyl or cyclic N) is 1. The number of rotatable bonds is 11. The number of carbonyl (C=O) groups is 1. The van der Waals surface area contributed by atoms with Gasteiger partial charge in [0.05, 0.1) is 13.2 Å². The van der Waals surface area contributed by atoms with Crippen LogP contribution in [0, 0.1) is 6.92 Å². The number of aliphatic hydroxyl groups is 4. The maximum Gasteiger partial charge on any atom is 0.238 e. The van der Waals surface area contributed by atoms with Crippen molar-refractivity contribution in [3.8, 4) is 5.88 Å². The molecule has 5 N–H and O–H groups in total. The molecule has 2 saturated heterocycles. The molecule has 3 heterocycles. The number of alkyl halides is 1. The number of hydrogen-bond donors (Lipinski definition) is 5. The summed E-state index contributed by atoms with van der Waals surface area (Å²) in [5, 5.41) is 45.5. The third-order valence-corrected chi connectivity index (χ3v) is 7.46. The molecule has 2 aliphatic heterocycles. The molecule has 1 amide bonds. The Bertz CT molecular complexity index is 1060. The topological polar surface area (TPSA) is 152 Å². The van der Waals surface area contributed by atoms with Crippen molar-refractivity contribution >= 4 is 5.91 Å². The van der Waals surface area contributed by atoms with E-state index in [1.807, 2.05) is 36.1 Å². The molecule has 1 aromatic carbocycles. The van der Waals surface area contributed by atoms with Gasteiger partial charge in [0.15, 0.2) is 6.17 Å². The molecule has 12 heteroatoms. The van der Waals surface area contributed by atoms with E-state index in [-0.39, 0.29) is 18.4 Å². The molecule has 0 aliphatic carbocycles. The summed E-state index contributed by atoms with van der Waals surface area (Å²) in [6.45, 7) is 4.97. The van der Waals surface area contributed by atoms with Crippen LogP contribution in [0.15, 0.2) is 24.3 Å². The molecular weight excluding hydrogens is 511 g/mol. The van der Waals surface area contributed by atoms with Crippen LogP contribution in [0.4, 0.5) is 4.39 Å². The highest BCUT2D eigenvalue weighted by Gasteiger charge is 2.46. The van der Waals surface area contributed by atoms with Crippen LogP contribution in [-0.2, 0) is 22.4 Å². The van der Waals surface area contributed by atoms with E-state index in [1.54, 1.807) is 0 Å². The van der Waals surface area contributed by atoms with Gasteiger partial charge in [0.2, 0.25) is 18.1 Å². The zero-order valence-corrected chi connectivity index (χ0v) is 22.2. The van der Waals surface area contributed by atoms with Crippen molar-refractivity contribution in [2.24, 2.45) is 0 Å². The number of amides is 1. The average Bonchev–Trinajstić information content (AvgIpc) is 3.28. The number of nitrogens with zero attached hydrogens (tertiary/aromatic N) is 3. The Labute approximate surface area is 227 Å². The zero-order chi connectivity index (χ0) is 27.9. The van der Waals surface area contributed by atoms with Crippen LogP contribution in [0.5, 0.6) is 5.88 Å².